The molecule has 0 spiro atoms. The van der Waals surface area contributed by atoms with Gasteiger partial charge in [0, 0.05) is 35.7 Å². The fourth-order valence-electron chi connectivity index (χ4n) is 2.10. The number of imidazole rings is 1. The molecule has 3 rings (SSSR count). The molecule has 19 heavy (non-hydrogen) atoms. The van der Waals surface area contributed by atoms with Crippen molar-refractivity contribution >= 4 is 16.5 Å². The van der Waals surface area contributed by atoms with E-state index in [0.29, 0.717) is 5.39 Å². The van der Waals surface area contributed by atoms with E-state index >= 15 is 0 Å². The third-order valence-corrected chi connectivity index (χ3v) is 2.97. The highest BCUT2D eigenvalue weighted by molar-refractivity contribution is 5.96. The van der Waals surface area contributed by atoms with Gasteiger partial charge in [-0.2, -0.15) is 0 Å². The quantitative estimate of drug-likeness (QED) is 0.520. The molecule has 0 saturated carbocycles. The molecule has 0 bridgehead atoms. The van der Waals surface area contributed by atoms with Crippen LogP contribution < -0.4 is 0 Å². The Kier molecular flexibility index (Phi) is 2.49. The lowest BCUT2D eigenvalue weighted by Gasteiger charge is -2.08. The topological polar surface area (TPSA) is 73.8 Å². The molecule has 0 aliphatic carbocycles. The summed E-state index contributed by atoms with van der Waals surface area (Å²) in [4.78, 5) is 18.8. The van der Waals surface area contributed by atoms with E-state index in [-0.39, 0.29) is 5.69 Å². The molecular formula is C13H10N4O2. The molecule has 6 heteroatoms. The Bertz CT molecular complexity index is 766. The van der Waals surface area contributed by atoms with Crippen LogP contribution >= 0.6 is 0 Å². The van der Waals surface area contributed by atoms with E-state index in [2.05, 4.69) is 9.97 Å². The van der Waals surface area contributed by atoms with Gasteiger partial charge in [-0.15, -0.1) is 0 Å². The van der Waals surface area contributed by atoms with Gasteiger partial charge in [-0.1, -0.05) is 0 Å². The number of pyridine rings is 1. The van der Waals surface area contributed by atoms with Gasteiger partial charge in [0.1, 0.15) is 0 Å². The molecule has 2 aromatic heterocycles. The van der Waals surface area contributed by atoms with Gasteiger partial charge in [0.05, 0.1) is 22.3 Å². The Morgan fingerprint density at radius 2 is 2.16 bits per heavy atom. The lowest BCUT2D eigenvalue weighted by Crippen LogP contribution is -1.97. The molecule has 0 radical (unpaired) electrons. The van der Waals surface area contributed by atoms with Crippen LogP contribution in [-0.4, -0.2) is 19.5 Å². The zero-order valence-electron chi connectivity index (χ0n) is 10.1. The number of rotatable bonds is 2. The number of aryl methyl sites for hydroxylation is 1. The first-order valence-corrected chi connectivity index (χ1v) is 5.69. The van der Waals surface area contributed by atoms with Crippen LogP contribution in [0.4, 0.5) is 5.69 Å². The van der Waals surface area contributed by atoms with Gasteiger partial charge in [0.25, 0.3) is 5.69 Å². The summed E-state index contributed by atoms with van der Waals surface area (Å²) in [6.45, 7) is 1.86. The van der Waals surface area contributed by atoms with E-state index in [1.54, 1.807) is 31.0 Å². The number of aromatic nitrogens is 3. The summed E-state index contributed by atoms with van der Waals surface area (Å²) in [5, 5.41) is 12.4. The highest BCUT2D eigenvalue weighted by Crippen LogP contribution is 2.30. The van der Waals surface area contributed by atoms with E-state index in [9.17, 15) is 10.1 Å². The molecule has 0 fully saturated rings. The number of benzene rings is 1. The molecule has 0 unspecified atom stereocenters. The van der Waals surface area contributed by atoms with Crippen molar-refractivity contribution in [3.8, 4) is 5.69 Å². The van der Waals surface area contributed by atoms with Crippen LogP contribution in [-0.2, 0) is 0 Å². The van der Waals surface area contributed by atoms with Gasteiger partial charge >= 0.3 is 0 Å². The van der Waals surface area contributed by atoms with Crippen LogP contribution in [0.15, 0.2) is 43.1 Å². The standard InChI is InChI=1S/C13H10N4O2/c1-9-6-10-11(7-15-9)13(17(18)19)3-2-12(10)16-5-4-14-8-16/h2-8H,1H3. The largest absolute Gasteiger partial charge is 0.306 e. The second-order valence-electron chi connectivity index (χ2n) is 4.20. The first-order valence-electron chi connectivity index (χ1n) is 5.69. The molecule has 0 saturated heterocycles. The van der Waals surface area contributed by atoms with Gasteiger partial charge in [-0.3, -0.25) is 15.1 Å². The van der Waals surface area contributed by atoms with Crippen LogP contribution in [0.1, 0.15) is 5.69 Å². The summed E-state index contributed by atoms with van der Waals surface area (Å²) in [6, 6.07) is 5.06. The van der Waals surface area contributed by atoms with Crippen LogP contribution in [0.5, 0.6) is 0 Å². The van der Waals surface area contributed by atoms with E-state index in [4.69, 9.17) is 0 Å². The van der Waals surface area contributed by atoms with Gasteiger partial charge in [-0.25, -0.2) is 4.98 Å². The third-order valence-electron chi connectivity index (χ3n) is 2.97. The number of hydrogen-bond acceptors (Lipinski definition) is 4. The highest BCUT2D eigenvalue weighted by Gasteiger charge is 2.15. The van der Waals surface area contributed by atoms with Gasteiger partial charge < -0.3 is 4.57 Å². The van der Waals surface area contributed by atoms with Crippen molar-refractivity contribution in [2.24, 2.45) is 0 Å². The number of hydrogen-bond donors (Lipinski definition) is 0. The molecular weight excluding hydrogens is 244 g/mol. The molecule has 1 aromatic carbocycles. The number of nitro benzene ring substituents is 1. The van der Waals surface area contributed by atoms with Crippen molar-refractivity contribution in [1.29, 1.82) is 0 Å². The smallest absolute Gasteiger partial charge is 0.278 e. The number of fused-ring (bicyclic) bond motifs is 1. The Balaban J connectivity index is 2.39. The maximum absolute atomic E-state index is 11.1. The minimum absolute atomic E-state index is 0.0614. The summed E-state index contributed by atoms with van der Waals surface area (Å²) >= 11 is 0. The SMILES string of the molecule is Cc1cc2c(-n3ccnc3)ccc([N+](=O)[O-])c2cn1. The molecule has 0 atom stereocenters. The van der Waals surface area contributed by atoms with Crippen LogP contribution in [0.3, 0.4) is 0 Å². The second kappa shape index (κ2) is 4.16. The summed E-state index contributed by atoms with van der Waals surface area (Å²) in [5.41, 5.74) is 1.73. The predicted octanol–water partition coefficient (Wildman–Crippen LogP) is 2.64. The van der Waals surface area contributed by atoms with Crippen molar-refractivity contribution in [3.05, 3.63) is 58.9 Å². The van der Waals surface area contributed by atoms with Crippen LogP contribution in [0, 0.1) is 17.0 Å². The first kappa shape index (κ1) is 11.3. The molecule has 0 N–H and O–H groups in total. The average Bonchev–Trinajstić information content (AvgIpc) is 2.90. The lowest BCUT2D eigenvalue weighted by atomic mass is 10.1. The number of nitro groups is 1. The van der Waals surface area contributed by atoms with Crippen molar-refractivity contribution in [2.45, 2.75) is 6.92 Å². The fourth-order valence-corrected chi connectivity index (χ4v) is 2.10. The first-order chi connectivity index (χ1) is 9.16. The Hall–Kier alpha value is -2.76. The van der Waals surface area contributed by atoms with Crippen molar-refractivity contribution in [1.82, 2.24) is 14.5 Å². The summed E-state index contributed by atoms with van der Waals surface area (Å²) in [5.74, 6) is 0. The Labute approximate surface area is 108 Å². The lowest BCUT2D eigenvalue weighted by molar-refractivity contribution is -0.383. The molecule has 0 aliphatic rings. The van der Waals surface area contributed by atoms with Crippen molar-refractivity contribution < 1.29 is 4.92 Å². The van der Waals surface area contributed by atoms with Gasteiger partial charge in [0.2, 0.25) is 0 Å². The molecule has 94 valence electrons. The highest BCUT2D eigenvalue weighted by atomic mass is 16.6. The third kappa shape index (κ3) is 1.83. The van der Waals surface area contributed by atoms with E-state index < -0.39 is 4.92 Å². The van der Waals surface area contributed by atoms with E-state index in [0.717, 1.165) is 16.8 Å². The minimum Gasteiger partial charge on any atom is -0.306 e. The maximum atomic E-state index is 11.1. The molecule has 3 aromatic rings. The van der Waals surface area contributed by atoms with Crippen LogP contribution in [0.2, 0.25) is 0 Å². The van der Waals surface area contributed by atoms with E-state index in [1.165, 1.54) is 6.07 Å². The number of non-ortho nitro benzene ring substituents is 1. The molecule has 0 amide bonds. The Morgan fingerprint density at radius 1 is 1.32 bits per heavy atom. The minimum atomic E-state index is -0.392. The monoisotopic (exact) mass is 254 g/mol. The summed E-state index contributed by atoms with van der Waals surface area (Å²) in [7, 11) is 0. The molecule has 0 aliphatic heterocycles. The van der Waals surface area contributed by atoms with Crippen molar-refractivity contribution in [3.63, 3.8) is 0 Å². The maximum Gasteiger partial charge on any atom is 0.278 e. The summed E-state index contributed by atoms with van der Waals surface area (Å²) < 4.78 is 1.82. The predicted molar refractivity (Wildman–Crippen MR) is 70.3 cm³/mol. The summed E-state index contributed by atoms with van der Waals surface area (Å²) in [6.07, 6.45) is 6.68. The number of nitrogens with zero attached hydrogens (tertiary/aromatic N) is 4. The molecule has 2 heterocycles. The van der Waals surface area contributed by atoms with E-state index in [1.807, 2.05) is 17.6 Å². The zero-order chi connectivity index (χ0) is 13.4. The van der Waals surface area contributed by atoms with Gasteiger partial charge in [-0.05, 0) is 19.1 Å². The fraction of sp³-hybridized carbons (Fsp3) is 0.0769. The normalized spacial score (nSPS) is 10.8. The zero-order valence-corrected chi connectivity index (χ0v) is 10.1. The second-order valence-corrected chi connectivity index (χ2v) is 4.20. The average molecular weight is 254 g/mol. The van der Waals surface area contributed by atoms with Crippen LogP contribution in [0.25, 0.3) is 16.5 Å². The van der Waals surface area contributed by atoms with Gasteiger partial charge in [0.15, 0.2) is 0 Å². The Morgan fingerprint density at radius 3 is 2.84 bits per heavy atom. The molecule has 6 nitrogen and oxygen atoms in total. The van der Waals surface area contributed by atoms with Crippen molar-refractivity contribution in [2.75, 3.05) is 0 Å².